The molecule has 2 N–H and O–H groups in total. The molecule has 0 fully saturated rings. The first-order chi connectivity index (χ1) is 11.6. The first-order valence-electron chi connectivity index (χ1n) is 7.36. The normalized spacial score (nSPS) is 12.4. The van der Waals surface area contributed by atoms with Crippen molar-refractivity contribution in [2.75, 3.05) is 6.79 Å². The third kappa shape index (κ3) is 2.26. The highest BCUT2D eigenvalue weighted by Gasteiger charge is 2.22. The molecule has 3 aromatic rings. The van der Waals surface area contributed by atoms with Crippen LogP contribution in [0.4, 0.5) is 0 Å². The minimum Gasteiger partial charge on any atom is -0.454 e. The van der Waals surface area contributed by atoms with Gasteiger partial charge in [0.15, 0.2) is 17.2 Å². The Morgan fingerprint density at radius 3 is 2.62 bits per heavy atom. The van der Waals surface area contributed by atoms with Crippen molar-refractivity contribution in [1.82, 2.24) is 15.0 Å². The van der Waals surface area contributed by atoms with Crippen LogP contribution >= 0.6 is 0 Å². The van der Waals surface area contributed by atoms with Gasteiger partial charge in [0.25, 0.3) is 5.91 Å². The van der Waals surface area contributed by atoms with Gasteiger partial charge in [-0.05, 0) is 37.3 Å². The molecule has 2 heterocycles. The molecule has 24 heavy (non-hydrogen) atoms. The Morgan fingerprint density at radius 1 is 1.12 bits per heavy atom. The number of aromatic nitrogens is 3. The zero-order valence-corrected chi connectivity index (χ0v) is 12.9. The summed E-state index contributed by atoms with van der Waals surface area (Å²) in [6.45, 7) is 2.18. The van der Waals surface area contributed by atoms with Crippen LogP contribution < -0.4 is 15.2 Å². The van der Waals surface area contributed by atoms with E-state index in [0.717, 1.165) is 16.8 Å². The summed E-state index contributed by atoms with van der Waals surface area (Å²) >= 11 is 0. The number of ether oxygens (including phenoxy) is 2. The van der Waals surface area contributed by atoms with Gasteiger partial charge in [0, 0.05) is 5.56 Å². The molecule has 0 radical (unpaired) electrons. The molecule has 1 amide bonds. The van der Waals surface area contributed by atoms with Crippen LogP contribution in [0.5, 0.6) is 11.5 Å². The van der Waals surface area contributed by atoms with Crippen LogP contribution in [0.1, 0.15) is 16.1 Å². The molecule has 2 aromatic carbocycles. The fourth-order valence-electron chi connectivity index (χ4n) is 2.62. The second kappa shape index (κ2) is 5.38. The lowest BCUT2D eigenvalue weighted by molar-refractivity contribution is 0.0996. The summed E-state index contributed by atoms with van der Waals surface area (Å²) in [4.78, 5) is 11.8. The molecule has 7 heteroatoms. The molecule has 0 saturated carbocycles. The van der Waals surface area contributed by atoms with Gasteiger partial charge in [-0.3, -0.25) is 4.79 Å². The van der Waals surface area contributed by atoms with E-state index in [1.807, 2.05) is 37.3 Å². The van der Waals surface area contributed by atoms with Gasteiger partial charge in [-0.1, -0.05) is 22.9 Å². The minimum absolute atomic E-state index is 0.106. The van der Waals surface area contributed by atoms with Crippen LogP contribution in [0.3, 0.4) is 0 Å². The number of nitrogens with zero attached hydrogens (tertiary/aromatic N) is 3. The van der Waals surface area contributed by atoms with E-state index < -0.39 is 5.91 Å². The predicted molar refractivity (Wildman–Crippen MR) is 86.2 cm³/mol. The Labute approximate surface area is 137 Å². The van der Waals surface area contributed by atoms with Crippen molar-refractivity contribution in [3.63, 3.8) is 0 Å². The second-order valence-corrected chi connectivity index (χ2v) is 5.47. The van der Waals surface area contributed by atoms with E-state index in [1.54, 1.807) is 16.8 Å². The Bertz CT molecular complexity index is 932. The van der Waals surface area contributed by atoms with E-state index >= 15 is 0 Å². The number of benzene rings is 2. The molecule has 0 spiro atoms. The lowest BCUT2D eigenvalue weighted by atomic mass is 10.1. The number of carbonyl (C=O) groups excluding carboxylic acids is 1. The maximum absolute atomic E-state index is 11.8. The van der Waals surface area contributed by atoms with Gasteiger partial charge in [-0.25, -0.2) is 4.68 Å². The molecule has 7 nitrogen and oxygen atoms in total. The van der Waals surface area contributed by atoms with Crippen molar-refractivity contribution < 1.29 is 14.3 Å². The van der Waals surface area contributed by atoms with Crippen molar-refractivity contribution in [2.24, 2.45) is 5.73 Å². The molecule has 4 rings (SSSR count). The smallest absolute Gasteiger partial charge is 0.271 e. The van der Waals surface area contributed by atoms with E-state index in [0.29, 0.717) is 17.2 Å². The topological polar surface area (TPSA) is 92.3 Å². The monoisotopic (exact) mass is 322 g/mol. The van der Waals surface area contributed by atoms with Gasteiger partial charge in [0.05, 0.1) is 5.69 Å². The molecule has 1 aliphatic heterocycles. The average molecular weight is 322 g/mol. The fraction of sp³-hybridized carbons (Fsp3) is 0.118. The van der Waals surface area contributed by atoms with Crippen molar-refractivity contribution in [1.29, 1.82) is 0 Å². The van der Waals surface area contributed by atoms with Crippen LogP contribution in [0.25, 0.3) is 16.9 Å². The van der Waals surface area contributed by atoms with Gasteiger partial charge >= 0.3 is 0 Å². The number of amides is 1. The average Bonchev–Trinajstić information content (AvgIpc) is 3.21. The number of hydrogen-bond acceptors (Lipinski definition) is 5. The molecule has 0 aliphatic carbocycles. The van der Waals surface area contributed by atoms with Crippen LogP contribution in [0.2, 0.25) is 0 Å². The minimum atomic E-state index is -0.638. The Balaban J connectivity index is 1.91. The van der Waals surface area contributed by atoms with Crippen LogP contribution in [-0.4, -0.2) is 27.7 Å². The molecule has 0 atom stereocenters. The van der Waals surface area contributed by atoms with Gasteiger partial charge in [0.2, 0.25) is 6.79 Å². The highest BCUT2D eigenvalue weighted by molar-refractivity contribution is 5.97. The SMILES string of the molecule is Cc1ccc(-n2nnc(C(N)=O)c2-c2ccc3c(c2)OCO3)cc1. The highest BCUT2D eigenvalue weighted by Crippen LogP contribution is 2.37. The van der Waals surface area contributed by atoms with E-state index in [4.69, 9.17) is 15.2 Å². The maximum atomic E-state index is 11.8. The molecule has 0 saturated heterocycles. The van der Waals surface area contributed by atoms with Crippen LogP contribution in [0.15, 0.2) is 42.5 Å². The number of carbonyl (C=O) groups is 1. The van der Waals surface area contributed by atoms with E-state index in [1.165, 1.54) is 0 Å². The summed E-state index contributed by atoms with van der Waals surface area (Å²) in [5.74, 6) is 0.634. The molecular formula is C17H14N4O3. The standard InChI is InChI=1S/C17H14N4O3/c1-10-2-5-12(6-3-10)21-16(15(17(18)22)19-20-21)11-4-7-13-14(8-11)24-9-23-13/h2-8H,9H2,1H3,(H2,18,22). The van der Waals surface area contributed by atoms with E-state index in [2.05, 4.69) is 10.3 Å². The lowest BCUT2D eigenvalue weighted by Gasteiger charge is -2.08. The maximum Gasteiger partial charge on any atom is 0.271 e. The predicted octanol–water partition coefficient (Wildman–Crippen LogP) is 2.07. The fourth-order valence-corrected chi connectivity index (χ4v) is 2.62. The Morgan fingerprint density at radius 2 is 1.88 bits per heavy atom. The summed E-state index contributed by atoms with van der Waals surface area (Å²) in [5, 5.41) is 8.05. The largest absolute Gasteiger partial charge is 0.454 e. The number of hydrogen-bond donors (Lipinski definition) is 1. The van der Waals surface area contributed by atoms with E-state index in [-0.39, 0.29) is 12.5 Å². The number of nitrogens with two attached hydrogens (primary N) is 1. The van der Waals surface area contributed by atoms with Gasteiger partial charge in [0.1, 0.15) is 5.69 Å². The molecular weight excluding hydrogens is 308 g/mol. The van der Waals surface area contributed by atoms with Crippen molar-refractivity contribution in [2.45, 2.75) is 6.92 Å². The number of fused-ring (bicyclic) bond motifs is 1. The molecule has 1 aliphatic rings. The van der Waals surface area contributed by atoms with Gasteiger partial charge in [-0.15, -0.1) is 5.10 Å². The Hall–Kier alpha value is -3.35. The summed E-state index contributed by atoms with van der Waals surface area (Å²) < 4.78 is 12.3. The molecule has 1 aromatic heterocycles. The first-order valence-corrected chi connectivity index (χ1v) is 7.36. The first kappa shape index (κ1) is 14.3. The van der Waals surface area contributed by atoms with Gasteiger partial charge in [-0.2, -0.15) is 0 Å². The number of aryl methyl sites for hydroxylation is 1. The number of primary amides is 1. The molecule has 120 valence electrons. The summed E-state index contributed by atoms with van der Waals surface area (Å²) in [7, 11) is 0. The summed E-state index contributed by atoms with van der Waals surface area (Å²) in [6.07, 6.45) is 0. The zero-order valence-electron chi connectivity index (χ0n) is 12.9. The quantitative estimate of drug-likeness (QED) is 0.797. The zero-order chi connectivity index (χ0) is 16.7. The Kier molecular flexibility index (Phi) is 3.19. The molecule has 0 unspecified atom stereocenters. The number of rotatable bonds is 3. The van der Waals surface area contributed by atoms with Crippen molar-refractivity contribution >= 4 is 5.91 Å². The van der Waals surface area contributed by atoms with Crippen LogP contribution in [0, 0.1) is 6.92 Å². The van der Waals surface area contributed by atoms with Crippen LogP contribution in [-0.2, 0) is 0 Å². The molecule has 0 bridgehead atoms. The third-order valence-electron chi connectivity index (χ3n) is 3.83. The second-order valence-electron chi connectivity index (χ2n) is 5.47. The van der Waals surface area contributed by atoms with Crippen molar-refractivity contribution in [3.8, 4) is 28.4 Å². The van der Waals surface area contributed by atoms with Crippen molar-refractivity contribution in [3.05, 3.63) is 53.7 Å². The lowest BCUT2D eigenvalue weighted by Crippen LogP contribution is -2.13. The highest BCUT2D eigenvalue weighted by atomic mass is 16.7. The third-order valence-corrected chi connectivity index (χ3v) is 3.83. The van der Waals surface area contributed by atoms with Gasteiger partial charge < -0.3 is 15.2 Å². The summed E-state index contributed by atoms with van der Waals surface area (Å²) in [5.41, 5.74) is 8.72. The summed E-state index contributed by atoms with van der Waals surface area (Å²) in [6, 6.07) is 13.1. The van der Waals surface area contributed by atoms with E-state index in [9.17, 15) is 4.79 Å².